The second-order valence-electron chi connectivity index (χ2n) is 8.47. The number of nitrogens with zero attached hydrogens (tertiary/aromatic N) is 3. The number of nitrogen functional groups attached to an aromatic ring is 1. The van der Waals surface area contributed by atoms with E-state index >= 15 is 0 Å². The van der Waals surface area contributed by atoms with Gasteiger partial charge in [-0.3, -0.25) is 9.69 Å². The number of nitrogens with two attached hydrogens (primary N) is 1. The van der Waals surface area contributed by atoms with E-state index in [9.17, 15) is 15.3 Å². The molecule has 37 heavy (non-hydrogen) atoms. The lowest BCUT2D eigenvalue weighted by molar-refractivity contribution is 0.0993. The number of hydrogen-bond acceptors (Lipinski definition) is 6. The van der Waals surface area contributed by atoms with E-state index in [4.69, 9.17) is 15.2 Å². The van der Waals surface area contributed by atoms with Crippen molar-refractivity contribution in [3.63, 3.8) is 0 Å². The third-order valence-corrected chi connectivity index (χ3v) is 6.61. The predicted molar refractivity (Wildman–Crippen MR) is 140 cm³/mol. The molecule has 2 N–H and O–H groups in total. The van der Waals surface area contributed by atoms with Gasteiger partial charge in [-0.05, 0) is 47.5 Å². The van der Waals surface area contributed by atoms with Crippen molar-refractivity contribution in [2.75, 3.05) is 24.9 Å². The Kier molecular flexibility index (Phi) is 5.97. The molecule has 1 unspecified atom stereocenters. The molecule has 4 aromatic carbocycles. The van der Waals surface area contributed by atoms with Crippen LogP contribution in [0.25, 0.3) is 11.1 Å². The lowest BCUT2D eigenvalue weighted by atomic mass is 9.83. The van der Waals surface area contributed by atoms with Crippen LogP contribution in [0.15, 0.2) is 78.9 Å². The number of amides is 1. The molecule has 1 amide bonds. The molecule has 7 nitrogen and oxygen atoms in total. The first-order valence-corrected chi connectivity index (χ1v) is 11.5. The summed E-state index contributed by atoms with van der Waals surface area (Å²) in [5, 5.41) is 20.3. The molecule has 7 heteroatoms. The summed E-state index contributed by atoms with van der Waals surface area (Å²) in [5.74, 6) is 0.960. The summed E-state index contributed by atoms with van der Waals surface area (Å²) in [5.41, 5.74) is 9.96. The maximum Gasteiger partial charge on any atom is 0.260 e. The molecule has 4 aromatic rings. The molecule has 1 atom stereocenters. The smallest absolute Gasteiger partial charge is 0.260 e. The third kappa shape index (κ3) is 3.71. The number of rotatable bonds is 5. The lowest BCUT2D eigenvalue weighted by Crippen LogP contribution is -2.28. The van der Waals surface area contributed by atoms with Crippen LogP contribution in [-0.4, -0.2) is 20.1 Å². The van der Waals surface area contributed by atoms with Crippen LogP contribution in [-0.2, 0) is 0 Å². The first kappa shape index (κ1) is 23.5. The van der Waals surface area contributed by atoms with Crippen LogP contribution in [0.4, 0.5) is 11.4 Å². The average molecular weight is 487 g/mol. The summed E-state index contributed by atoms with van der Waals surface area (Å²) in [6, 6.07) is 27.5. The molecule has 0 aliphatic carbocycles. The monoisotopic (exact) mass is 486 g/mol. The van der Waals surface area contributed by atoms with Crippen molar-refractivity contribution in [1.29, 1.82) is 10.5 Å². The Morgan fingerprint density at radius 2 is 1.32 bits per heavy atom. The highest BCUT2D eigenvalue weighted by Crippen LogP contribution is 2.50. The topological polar surface area (TPSA) is 112 Å². The standard InChI is InChI=1S/C30H22N4O3/c1-36-21-12-8-18(9-13-21)25-23(16-31)28(33)24(17-32)26-27(25)29(19-10-14-22(37-2)15-11-19)34(30(26)35)20-6-4-3-5-7-20/h3-15,29H,33H2,1-2H3. The maximum absolute atomic E-state index is 14.1. The highest BCUT2D eigenvalue weighted by atomic mass is 16.5. The van der Waals surface area contributed by atoms with Crippen LogP contribution in [0.3, 0.4) is 0 Å². The number of carbonyl (C=O) groups is 1. The number of anilines is 2. The third-order valence-electron chi connectivity index (χ3n) is 6.61. The quantitative estimate of drug-likeness (QED) is 0.376. The van der Waals surface area contributed by atoms with E-state index in [0.29, 0.717) is 33.9 Å². The van der Waals surface area contributed by atoms with Crippen molar-refractivity contribution in [3.05, 3.63) is 107 Å². The Bertz CT molecular complexity index is 1580. The van der Waals surface area contributed by atoms with Crippen LogP contribution in [0, 0.1) is 22.7 Å². The van der Waals surface area contributed by atoms with Gasteiger partial charge in [0.15, 0.2) is 0 Å². The molecule has 0 radical (unpaired) electrons. The number of ether oxygens (including phenoxy) is 2. The zero-order valence-corrected chi connectivity index (χ0v) is 20.2. The van der Waals surface area contributed by atoms with Crippen LogP contribution in [0.5, 0.6) is 11.5 Å². The number of benzene rings is 4. The van der Waals surface area contributed by atoms with Crippen LogP contribution in [0.1, 0.15) is 38.7 Å². The minimum Gasteiger partial charge on any atom is -0.497 e. The van der Waals surface area contributed by atoms with Gasteiger partial charge in [-0.25, -0.2) is 0 Å². The SMILES string of the molecule is COc1ccc(-c2c(C#N)c(N)c(C#N)c3c2C(c2ccc(OC)cc2)N(c2ccccc2)C3=O)cc1. The number of fused-ring (bicyclic) bond motifs is 1. The summed E-state index contributed by atoms with van der Waals surface area (Å²) >= 11 is 0. The van der Waals surface area contributed by atoms with Crippen LogP contribution in [0.2, 0.25) is 0 Å². The first-order valence-electron chi connectivity index (χ1n) is 11.5. The molecule has 1 heterocycles. The largest absolute Gasteiger partial charge is 0.497 e. The zero-order valence-electron chi connectivity index (χ0n) is 20.2. The number of hydrogen-bond donors (Lipinski definition) is 1. The molecule has 0 saturated carbocycles. The second kappa shape index (κ2) is 9.41. The lowest BCUT2D eigenvalue weighted by Gasteiger charge is -2.27. The van der Waals surface area contributed by atoms with Crippen molar-refractivity contribution in [3.8, 4) is 34.8 Å². The predicted octanol–water partition coefficient (Wildman–Crippen LogP) is 5.45. The molecular weight excluding hydrogens is 464 g/mol. The number of para-hydroxylation sites is 1. The minimum atomic E-state index is -0.618. The van der Waals surface area contributed by atoms with Gasteiger partial charge in [-0.1, -0.05) is 42.5 Å². The fourth-order valence-electron chi connectivity index (χ4n) is 4.90. The Labute approximate surface area is 214 Å². The van der Waals surface area contributed by atoms with Crippen molar-refractivity contribution >= 4 is 17.3 Å². The maximum atomic E-state index is 14.1. The van der Waals surface area contributed by atoms with E-state index < -0.39 is 6.04 Å². The molecule has 0 bridgehead atoms. The molecule has 1 aliphatic rings. The number of nitriles is 2. The van der Waals surface area contributed by atoms with E-state index in [-0.39, 0.29) is 28.3 Å². The van der Waals surface area contributed by atoms with Crippen LogP contribution >= 0.6 is 0 Å². The first-order chi connectivity index (χ1) is 18.0. The Hall–Kier alpha value is -5.27. The Morgan fingerprint density at radius 3 is 1.86 bits per heavy atom. The van der Waals surface area contributed by atoms with Gasteiger partial charge >= 0.3 is 0 Å². The van der Waals surface area contributed by atoms with Crippen molar-refractivity contribution in [1.82, 2.24) is 0 Å². The van der Waals surface area contributed by atoms with E-state index in [1.807, 2.05) is 66.7 Å². The Balaban J connectivity index is 1.90. The summed E-state index contributed by atoms with van der Waals surface area (Å²) in [7, 11) is 3.16. The highest BCUT2D eigenvalue weighted by Gasteiger charge is 2.44. The fraction of sp³-hybridized carbons (Fsp3) is 0.100. The molecule has 0 saturated heterocycles. The van der Waals surface area contributed by atoms with Gasteiger partial charge in [0.1, 0.15) is 23.6 Å². The van der Waals surface area contributed by atoms with Gasteiger partial charge in [-0.2, -0.15) is 10.5 Å². The van der Waals surface area contributed by atoms with E-state index in [2.05, 4.69) is 12.1 Å². The summed E-state index contributed by atoms with van der Waals surface area (Å²) < 4.78 is 10.7. The summed E-state index contributed by atoms with van der Waals surface area (Å²) in [6.07, 6.45) is 0. The van der Waals surface area contributed by atoms with Gasteiger partial charge in [-0.15, -0.1) is 0 Å². The average Bonchev–Trinajstić information content (AvgIpc) is 3.25. The second-order valence-corrected chi connectivity index (χ2v) is 8.47. The normalized spacial score (nSPS) is 14.0. The molecule has 5 rings (SSSR count). The molecular formula is C30H22N4O3. The van der Waals surface area contributed by atoms with Crippen molar-refractivity contribution in [2.45, 2.75) is 6.04 Å². The van der Waals surface area contributed by atoms with Gasteiger partial charge in [0.25, 0.3) is 5.91 Å². The van der Waals surface area contributed by atoms with E-state index in [1.165, 1.54) is 0 Å². The highest BCUT2D eigenvalue weighted by molar-refractivity contribution is 6.16. The van der Waals surface area contributed by atoms with Crippen molar-refractivity contribution < 1.29 is 14.3 Å². The number of methoxy groups -OCH3 is 2. The molecule has 180 valence electrons. The fourth-order valence-corrected chi connectivity index (χ4v) is 4.90. The molecule has 0 aromatic heterocycles. The minimum absolute atomic E-state index is 0.00533. The van der Waals surface area contributed by atoms with Gasteiger partial charge in [0.2, 0.25) is 0 Å². The van der Waals surface area contributed by atoms with E-state index in [1.54, 1.807) is 31.3 Å². The van der Waals surface area contributed by atoms with E-state index in [0.717, 1.165) is 5.56 Å². The zero-order chi connectivity index (χ0) is 26.1. The number of carbonyl (C=O) groups excluding carboxylic acids is 1. The van der Waals surface area contributed by atoms with Gasteiger partial charge in [0, 0.05) is 16.8 Å². The summed E-state index contributed by atoms with van der Waals surface area (Å²) in [4.78, 5) is 15.8. The van der Waals surface area contributed by atoms with Gasteiger partial charge in [0.05, 0.1) is 42.6 Å². The molecule has 0 spiro atoms. The molecule has 1 aliphatic heterocycles. The molecule has 0 fully saturated rings. The summed E-state index contributed by atoms with van der Waals surface area (Å²) in [6.45, 7) is 0. The van der Waals surface area contributed by atoms with Crippen molar-refractivity contribution in [2.24, 2.45) is 0 Å². The van der Waals surface area contributed by atoms with Gasteiger partial charge < -0.3 is 15.2 Å². The Morgan fingerprint density at radius 1 is 0.784 bits per heavy atom. The van der Waals surface area contributed by atoms with Crippen LogP contribution < -0.4 is 20.1 Å².